The minimum absolute atomic E-state index is 0.0341. The maximum absolute atomic E-state index is 12.8. The summed E-state index contributed by atoms with van der Waals surface area (Å²) in [5.41, 5.74) is 0. The summed E-state index contributed by atoms with van der Waals surface area (Å²) in [4.78, 5) is 35.6. The van der Waals surface area contributed by atoms with Gasteiger partial charge in [-0.05, 0) is 51.4 Å². The zero-order valence-electron chi connectivity index (χ0n) is 46.5. The molecule has 0 saturated carbocycles. The second kappa shape index (κ2) is 51.9. The van der Waals surface area contributed by atoms with E-state index in [1.165, 1.54) is 180 Å². The zero-order valence-corrected chi connectivity index (χ0v) is 47.4. The van der Waals surface area contributed by atoms with Crippen LogP contribution >= 0.6 is 7.82 Å². The third-order valence-electron chi connectivity index (χ3n) is 12.9. The summed E-state index contributed by atoms with van der Waals surface area (Å²) in [6.45, 7) is 4.35. The van der Waals surface area contributed by atoms with Crippen molar-refractivity contribution in [3.8, 4) is 0 Å². The van der Waals surface area contributed by atoms with E-state index in [4.69, 9.17) is 18.5 Å². The van der Waals surface area contributed by atoms with E-state index in [2.05, 4.69) is 62.5 Å². The molecule has 0 aromatic carbocycles. The van der Waals surface area contributed by atoms with E-state index in [0.717, 1.165) is 57.8 Å². The Balaban J connectivity index is 3.99. The molecule has 0 aliphatic heterocycles. The van der Waals surface area contributed by atoms with Gasteiger partial charge >= 0.3 is 19.8 Å². The van der Waals surface area contributed by atoms with Gasteiger partial charge in [0.2, 0.25) is 0 Å². The average Bonchev–Trinajstić information content (AvgIpc) is 3.32. The summed E-state index contributed by atoms with van der Waals surface area (Å²) in [5, 5.41) is 0. The van der Waals surface area contributed by atoms with Gasteiger partial charge in [-0.3, -0.25) is 18.6 Å². The molecule has 0 saturated heterocycles. The Morgan fingerprint density at radius 3 is 1.21 bits per heavy atom. The van der Waals surface area contributed by atoms with E-state index < -0.39 is 26.5 Å². The number of rotatable bonds is 54. The van der Waals surface area contributed by atoms with Gasteiger partial charge < -0.3 is 18.9 Å². The number of hydrogen-bond acceptors (Lipinski definition) is 7. The molecule has 0 aliphatic carbocycles. The van der Waals surface area contributed by atoms with Gasteiger partial charge in [-0.25, -0.2) is 4.57 Å². The predicted molar refractivity (Wildman–Crippen MR) is 298 cm³/mol. The smallest absolute Gasteiger partial charge is 0.462 e. The van der Waals surface area contributed by atoms with Crippen LogP contribution in [-0.2, 0) is 32.7 Å². The summed E-state index contributed by atoms with van der Waals surface area (Å²) < 4.78 is 34.5. The number of phosphoric ester groups is 1. The van der Waals surface area contributed by atoms with Crippen LogP contribution in [0, 0.1) is 0 Å². The van der Waals surface area contributed by atoms with Crippen LogP contribution in [0.3, 0.4) is 0 Å². The summed E-state index contributed by atoms with van der Waals surface area (Å²) in [6, 6.07) is 0. The number of likely N-dealkylation sites (N-methyl/N-ethyl adjacent to an activating group) is 1. The van der Waals surface area contributed by atoms with Crippen molar-refractivity contribution in [1.29, 1.82) is 0 Å². The lowest BCUT2D eigenvalue weighted by Gasteiger charge is -2.24. The Morgan fingerprint density at radius 1 is 0.457 bits per heavy atom. The van der Waals surface area contributed by atoms with Crippen LogP contribution in [0.2, 0.25) is 0 Å². The fourth-order valence-electron chi connectivity index (χ4n) is 8.36. The molecule has 410 valence electrons. The first-order valence-electron chi connectivity index (χ1n) is 29.4. The molecule has 0 rings (SSSR count). The van der Waals surface area contributed by atoms with Gasteiger partial charge in [0, 0.05) is 12.8 Å². The number of nitrogens with zero attached hydrogens (tertiary/aromatic N) is 1. The van der Waals surface area contributed by atoms with Crippen molar-refractivity contribution in [2.75, 3.05) is 47.5 Å². The van der Waals surface area contributed by atoms with Crippen molar-refractivity contribution in [2.24, 2.45) is 0 Å². The van der Waals surface area contributed by atoms with Gasteiger partial charge in [-0.1, -0.05) is 255 Å². The molecule has 9 nitrogen and oxygen atoms in total. The second-order valence-electron chi connectivity index (χ2n) is 21.0. The monoisotopic (exact) mass is 1010 g/mol. The van der Waals surface area contributed by atoms with Crippen molar-refractivity contribution < 1.29 is 42.1 Å². The number of esters is 2. The normalized spacial score (nSPS) is 13.6. The van der Waals surface area contributed by atoms with Crippen LogP contribution in [0.5, 0.6) is 0 Å². The predicted octanol–water partition coefficient (Wildman–Crippen LogP) is 18.1. The molecule has 2 unspecified atom stereocenters. The Hall–Kier alpha value is -2.03. The molecule has 0 aliphatic rings. The molecule has 0 bridgehead atoms. The summed E-state index contributed by atoms with van der Waals surface area (Å²) in [6.07, 6.45) is 64.8. The van der Waals surface area contributed by atoms with Crippen molar-refractivity contribution in [1.82, 2.24) is 0 Å². The number of phosphoric acid groups is 1. The van der Waals surface area contributed by atoms with Crippen LogP contribution in [0.25, 0.3) is 0 Å². The Morgan fingerprint density at radius 2 is 0.814 bits per heavy atom. The lowest BCUT2D eigenvalue weighted by atomic mass is 10.0. The number of quaternary nitrogens is 1. The molecule has 0 radical (unpaired) electrons. The highest BCUT2D eigenvalue weighted by Gasteiger charge is 2.27. The van der Waals surface area contributed by atoms with Gasteiger partial charge in [0.1, 0.15) is 19.8 Å². The van der Waals surface area contributed by atoms with Crippen LogP contribution in [0.1, 0.15) is 271 Å². The van der Waals surface area contributed by atoms with Gasteiger partial charge in [0.15, 0.2) is 6.10 Å². The van der Waals surface area contributed by atoms with Crippen molar-refractivity contribution in [2.45, 2.75) is 277 Å². The highest BCUT2D eigenvalue weighted by atomic mass is 31.2. The summed E-state index contributed by atoms with van der Waals surface area (Å²) in [5.74, 6) is -0.784. The Bertz CT molecular complexity index is 1320. The molecule has 2 atom stereocenters. The fourth-order valence-corrected chi connectivity index (χ4v) is 9.10. The maximum Gasteiger partial charge on any atom is 0.472 e. The van der Waals surface area contributed by atoms with Gasteiger partial charge in [0.05, 0.1) is 27.7 Å². The first-order chi connectivity index (χ1) is 34.0. The number of carbonyl (C=O) groups is 2. The molecule has 0 fully saturated rings. The molecule has 0 spiro atoms. The largest absolute Gasteiger partial charge is 0.472 e. The highest BCUT2D eigenvalue weighted by molar-refractivity contribution is 7.47. The summed E-state index contributed by atoms with van der Waals surface area (Å²) >= 11 is 0. The molecule has 0 aromatic heterocycles. The number of carbonyl (C=O) groups excluding carboxylic acids is 2. The van der Waals surface area contributed by atoms with Gasteiger partial charge in [0.25, 0.3) is 0 Å². The number of hydrogen-bond donors (Lipinski definition) is 1. The van der Waals surface area contributed by atoms with E-state index in [0.29, 0.717) is 23.9 Å². The van der Waals surface area contributed by atoms with E-state index in [9.17, 15) is 19.0 Å². The molecular weight excluding hydrogens is 894 g/mol. The third-order valence-corrected chi connectivity index (χ3v) is 13.9. The minimum Gasteiger partial charge on any atom is -0.462 e. The number of unbranched alkanes of at least 4 members (excludes halogenated alkanes) is 32. The summed E-state index contributed by atoms with van der Waals surface area (Å²) in [7, 11) is 1.49. The van der Waals surface area contributed by atoms with Crippen LogP contribution < -0.4 is 0 Å². The van der Waals surface area contributed by atoms with Crippen molar-refractivity contribution in [3.63, 3.8) is 0 Å². The SMILES string of the molecule is CC/C=C\C/C=C\C/C=C\C/C=C\CCCCCCCCCCCCCCCCCCCCCCC(=O)OC(COC(=O)CCCCCCCCCCCCCCC)COP(=O)(O)OCC[N+](C)(C)C. The van der Waals surface area contributed by atoms with Crippen molar-refractivity contribution in [3.05, 3.63) is 48.6 Å². The molecular formula is C60H113NO8P+. The maximum atomic E-state index is 12.8. The van der Waals surface area contributed by atoms with E-state index in [1.807, 2.05) is 21.1 Å². The molecule has 1 N–H and O–H groups in total. The van der Waals surface area contributed by atoms with E-state index in [1.54, 1.807) is 0 Å². The zero-order chi connectivity index (χ0) is 51.3. The van der Waals surface area contributed by atoms with Gasteiger partial charge in [-0.2, -0.15) is 0 Å². The molecule has 70 heavy (non-hydrogen) atoms. The van der Waals surface area contributed by atoms with Gasteiger partial charge in [-0.15, -0.1) is 0 Å². The standard InChI is InChI=1S/C60H112NO8P/c1-6-8-10-12-14-16-18-20-21-22-23-24-25-26-27-28-29-30-31-32-33-34-35-36-37-38-39-41-43-45-47-49-51-53-60(63)69-58(57-68-70(64,65)67-55-54-61(3,4)5)56-66-59(62)52-50-48-46-44-42-40-19-17-15-13-11-9-7-2/h8,10,14,16,20-21,23-24,58H,6-7,9,11-13,15,17-19,22,25-57H2,1-5H3/p+1/b10-8-,16-14-,21-20-,24-23-. The molecule has 0 aromatic rings. The molecule has 10 heteroatoms. The quantitative estimate of drug-likeness (QED) is 0.0211. The third kappa shape index (κ3) is 55.3. The molecule has 0 amide bonds. The van der Waals surface area contributed by atoms with Crippen LogP contribution in [0.4, 0.5) is 0 Å². The highest BCUT2D eigenvalue weighted by Crippen LogP contribution is 2.43. The first kappa shape index (κ1) is 68.0. The first-order valence-corrected chi connectivity index (χ1v) is 30.9. The van der Waals surface area contributed by atoms with Crippen LogP contribution in [0.15, 0.2) is 48.6 Å². The Labute approximate surface area is 433 Å². The van der Waals surface area contributed by atoms with Crippen molar-refractivity contribution >= 4 is 19.8 Å². The fraction of sp³-hybridized carbons (Fsp3) is 0.833. The topological polar surface area (TPSA) is 108 Å². The average molecular weight is 1010 g/mol. The van der Waals surface area contributed by atoms with Crippen LogP contribution in [-0.4, -0.2) is 74.9 Å². The number of ether oxygens (including phenoxy) is 2. The second-order valence-corrected chi connectivity index (χ2v) is 22.5. The van der Waals surface area contributed by atoms with E-state index in [-0.39, 0.29) is 25.6 Å². The lowest BCUT2D eigenvalue weighted by molar-refractivity contribution is -0.870. The lowest BCUT2D eigenvalue weighted by Crippen LogP contribution is -2.37. The number of allylic oxidation sites excluding steroid dienone is 8. The molecule has 0 heterocycles. The van der Waals surface area contributed by atoms with E-state index >= 15 is 0 Å². The minimum atomic E-state index is -4.38. The Kier molecular flexibility index (Phi) is 50.4.